The maximum atomic E-state index is 4.28. The van der Waals surface area contributed by atoms with Crippen molar-refractivity contribution >= 4 is 24.1 Å². The van der Waals surface area contributed by atoms with E-state index in [1.807, 2.05) is 0 Å². The average Bonchev–Trinajstić information content (AvgIpc) is 2.89. The molecule has 6 nitrogen and oxygen atoms in total. The van der Waals surface area contributed by atoms with Crippen LogP contribution >= 0.6 is 0 Å². The van der Waals surface area contributed by atoms with Gasteiger partial charge in [0.05, 0.1) is 11.6 Å². The molecule has 19 heavy (non-hydrogen) atoms. The Bertz CT molecular complexity index is 525. The van der Waals surface area contributed by atoms with Crippen molar-refractivity contribution < 1.29 is 21.1 Å². The van der Waals surface area contributed by atoms with Gasteiger partial charge in [0.15, 0.2) is 12.9 Å². The number of hydrogen-bond acceptors (Lipinski definition) is 5. The minimum atomic E-state index is 0. The molecule has 3 rings (SSSR count). The van der Waals surface area contributed by atoms with Crippen LogP contribution in [0, 0.1) is 6.92 Å². The van der Waals surface area contributed by atoms with Gasteiger partial charge in [-0.2, -0.15) is 5.10 Å². The van der Waals surface area contributed by atoms with Crippen molar-refractivity contribution in [2.75, 3.05) is 24.9 Å². The van der Waals surface area contributed by atoms with Gasteiger partial charge in [0.25, 0.3) is 0 Å². The number of fused-ring (bicyclic) bond motifs is 1. The first-order chi connectivity index (χ1) is 8.86. The van der Waals surface area contributed by atoms with Gasteiger partial charge in [0, 0.05) is 21.1 Å². The van der Waals surface area contributed by atoms with E-state index in [9.17, 15) is 0 Å². The minimum Gasteiger partial charge on any atom is -0.375 e. The molecule has 0 spiro atoms. The van der Waals surface area contributed by atoms with Crippen molar-refractivity contribution in [1.82, 2.24) is 25.1 Å². The van der Waals surface area contributed by atoms with Crippen molar-refractivity contribution in [3.8, 4) is 0 Å². The van der Waals surface area contributed by atoms with Crippen molar-refractivity contribution in [2.45, 2.75) is 12.4 Å². The SMILES string of the molecule is [CH2-]CN1C[B]C(Nc2ncnc3[nH]ncc23)CC1.[W]. The zero-order valence-corrected chi connectivity index (χ0v) is 13.5. The van der Waals surface area contributed by atoms with Gasteiger partial charge in [0.1, 0.15) is 12.1 Å². The average molecular weight is 426 g/mol. The molecule has 8 heteroatoms. The Morgan fingerprint density at radius 3 is 3.16 bits per heavy atom. The molecule has 0 amide bonds. The molecule has 2 N–H and O–H groups in total. The first-order valence-electron chi connectivity index (χ1n) is 6.12. The van der Waals surface area contributed by atoms with Gasteiger partial charge in [-0.25, -0.2) is 9.97 Å². The summed E-state index contributed by atoms with van der Waals surface area (Å²) in [6.45, 7) is 5.84. The van der Waals surface area contributed by atoms with Crippen LogP contribution in [0.3, 0.4) is 0 Å². The Balaban J connectivity index is 0.00000133. The van der Waals surface area contributed by atoms with Crippen LogP contribution in [0.25, 0.3) is 11.0 Å². The summed E-state index contributed by atoms with van der Waals surface area (Å²) >= 11 is 0. The van der Waals surface area contributed by atoms with Crippen LogP contribution in [0.15, 0.2) is 12.5 Å². The van der Waals surface area contributed by atoms with E-state index in [0.717, 1.165) is 42.8 Å². The quantitative estimate of drug-likeness (QED) is 0.546. The number of nitrogens with zero attached hydrogens (tertiary/aromatic N) is 4. The van der Waals surface area contributed by atoms with Gasteiger partial charge < -0.3 is 17.1 Å². The van der Waals surface area contributed by atoms with Gasteiger partial charge in [-0.1, -0.05) is 0 Å². The number of anilines is 1. The van der Waals surface area contributed by atoms with E-state index in [0.29, 0.717) is 5.94 Å². The monoisotopic (exact) mass is 426 g/mol. The zero-order chi connectivity index (χ0) is 12.4. The summed E-state index contributed by atoms with van der Waals surface area (Å²) < 4.78 is 0. The fourth-order valence-corrected chi connectivity index (χ4v) is 2.20. The maximum absolute atomic E-state index is 4.28. The van der Waals surface area contributed by atoms with Crippen molar-refractivity contribution in [3.05, 3.63) is 19.4 Å². The zero-order valence-electron chi connectivity index (χ0n) is 10.5. The van der Waals surface area contributed by atoms with Crippen LogP contribution in [0.1, 0.15) is 6.42 Å². The number of aromatic amines is 1. The number of rotatable bonds is 3. The van der Waals surface area contributed by atoms with Crippen molar-refractivity contribution in [1.29, 1.82) is 0 Å². The van der Waals surface area contributed by atoms with Crippen LogP contribution < -0.4 is 5.32 Å². The summed E-state index contributed by atoms with van der Waals surface area (Å²) in [5.74, 6) is 1.19. The largest absolute Gasteiger partial charge is 0.375 e. The molecule has 1 saturated heterocycles. The maximum Gasteiger partial charge on any atom is 0.160 e. The molecule has 1 radical (unpaired) electrons. The van der Waals surface area contributed by atoms with Crippen molar-refractivity contribution in [2.24, 2.45) is 0 Å². The molecule has 2 aromatic rings. The number of hydrogen-bond donors (Lipinski definition) is 2. The smallest absolute Gasteiger partial charge is 0.160 e. The molecule has 0 bridgehead atoms. The third kappa shape index (κ3) is 3.15. The van der Waals surface area contributed by atoms with E-state index in [2.05, 4.69) is 44.6 Å². The third-order valence-electron chi connectivity index (χ3n) is 3.29. The Morgan fingerprint density at radius 1 is 1.53 bits per heavy atom. The summed E-state index contributed by atoms with van der Waals surface area (Å²) in [6.07, 6.45) is 5.34. The minimum absolute atomic E-state index is 0. The van der Waals surface area contributed by atoms with Crippen LogP contribution in [0.4, 0.5) is 5.82 Å². The van der Waals surface area contributed by atoms with E-state index in [4.69, 9.17) is 0 Å². The summed E-state index contributed by atoms with van der Waals surface area (Å²) in [5, 5.41) is 11.2. The summed E-state index contributed by atoms with van der Waals surface area (Å²) in [7, 11) is 2.27. The normalized spacial score (nSPS) is 19.7. The molecule has 3 heterocycles. The molecule has 1 unspecified atom stereocenters. The van der Waals surface area contributed by atoms with E-state index < -0.39 is 0 Å². The summed E-state index contributed by atoms with van der Waals surface area (Å²) in [4.78, 5) is 10.7. The van der Waals surface area contributed by atoms with Crippen LogP contribution in [0.5, 0.6) is 0 Å². The van der Waals surface area contributed by atoms with Gasteiger partial charge >= 0.3 is 0 Å². The molecule has 0 saturated carbocycles. The number of aromatic nitrogens is 4. The Labute approximate surface area is 127 Å². The number of H-pyrrole nitrogens is 1. The van der Waals surface area contributed by atoms with E-state index in [1.165, 1.54) is 0 Å². The van der Waals surface area contributed by atoms with Gasteiger partial charge in [-0.3, -0.25) is 5.10 Å². The Kier molecular flexibility index (Phi) is 4.94. The van der Waals surface area contributed by atoms with E-state index in [-0.39, 0.29) is 21.1 Å². The fraction of sp³-hybridized carbons (Fsp3) is 0.455. The standard InChI is InChI=1S/C11H15BN6.W/c1-2-18-4-3-9(12-6-18)16-10-8-5-15-17-11(8)14-7-13-10;/h5,7,9H,1-4,6H2,(H2,13,14,15,16,17);/q-1;. The van der Waals surface area contributed by atoms with Crippen LogP contribution in [0.2, 0.25) is 0 Å². The molecule has 0 aliphatic carbocycles. The van der Waals surface area contributed by atoms with Crippen molar-refractivity contribution in [3.63, 3.8) is 0 Å². The molecule has 1 aliphatic heterocycles. The fourth-order valence-electron chi connectivity index (χ4n) is 2.20. The summed E-state index contributed by atoms with van der Waals surface area (Å²) in [5.41, 5.74) is 0.766. The molecular weight excluding hydrogens is 411 g/mol. The van der Waals surface area contributed by atoms with Gasteiger partial charge in [-0.15, -0.1) is 6.54 Å². The molecule has 1 fully saturated rings. The first kappa shape index (κ1) is 14.5. The number of nitrogens with one attached hydrogen (secondary N) is 2. The Morgan fingerprint density at radius 2 is 2.42 bits per heavy atom. The second-order valence-corrected chi connectivity index (χ2v) is 4.43. The second-order valence-electron chi connectivity index (χ2n) is 4.43. The molecule has 99 valence electrons. The molecule has 1 atom stereocenters. The predicted octanol–water partition coefficient (Wildman–Crippen LogP) is 0.290. The molecule has 0 aromatic carbocycles. The van der Waals surface area contributed by atoms with Crippen LogP contribution in [-0.4, -0.2) is 57.8 Å². The summed E-state index contributed by atoms with van der Waals surface area (Å²) in [6, 6.07) is 0. The molecular formula is C11H15BN6W-. The topological polar surface area (TPSA) is 69.7 Å². The van der Waals surface area contributed by atoms with Crippen LogP contribution in [-0.2, 0) is 21.1 Å². The Hall–Kier alpha value is -0.937. The molecule has 2 aromatic heterocycles. The predicted molar refractivity (Wildman–Crippen MR) is 71.3 cm³/mol. The van der Waals surface area contributed by atoms with E-state index in [1.54, 1.807) is 12.5 Å². The first-order valence-corrected chi connectivity index (χ1v) is 6.12. The second kappa shape index (κ2) is 6.48. The van der Waals surface area contributed by atoms with Gasteiger partial charge in [-0.05, 0) is 25.4 Å². The van der Waals surface area contributed by atoms with Gasteiger partial charge in [0.2, 0.25) is 0 Å². The third-order valence-corrected chi connectivity index (χ3v) is 3.29. The molecule has 1 aliphatic rings. The van der Waals surface area contributed by atoms with E-state index >= 15 is 0 Å².